The van der Waals surface area contributed by atoms with E-state index in [1.54, 1.807) is 4.90 Å². The highest BCUT2D eigenvalue weighted by atomic mass is 16.2. The first kappa shape index (κ1) is 13.1. The van der Waals surface area contributed by atoms with E-state index in [-0.39, 0.29) is 23.9 Å². The van der Waals surface area contributed by atoms with Crippen molar-refractivity contribution in [1.29, 1.82) is 0 Å². The van der Waals surface area contributed by atoms with Crippen LogP contribution in [0.15, 0.2) is 0 Å². The SMILES string of the molecule is O=C1CC(NCC2CCC2)C(=O)N1C1CCCCC1. The van der Waals surface area contributed by atoms with Crippen molar-refractivity contribution >= 4 is 11.8 Å². The zero-order chi connectivity index (χ0) is 13.2. The molecule has 3 aliphatic rings. The van der Waals surface area contributed by atoms with E-state index in [0.29, 0.717) is 6.42 Å². The Labute approximate surface area is 114 Å². The lowest BCUT2D eigenvalue weighted by atomic mass is 9.85. The Balaban J connectivity index is 1.56. The topological polar surface area (TPSA) is 49.4 Å². The molecule has 1 aliphatic heterocycles. The third kappa shape index (κ3) is 2.69. The predicted molar refractivity (Wildman–Crippen MR) is 72.5 cm³/mol. The van der Waals surface area contributed by atoms with Gasteiger partial charge in [-0.25, -0.2) is 0 Å². The van der Waals surface area contributed by atoms with Gasteiger partial charge in [-0.05, 0) is 38.1 Å². The van der Waals surface area contributed by atoms with Crippen molar-refractivity contribution in [3.05, 3.63) is 0 Å². The van der Waals surface area contributed by atoms with Gasteiger partial charge in [-0.3, -0.25) is 14.5 Å². The van der Waals surface area contributed by atoms with Gasteiger partial charge in [0.25, 0.3) is 0 Å². The van der Waals surface area contributed by atoms with Crippen LogP contribution < -0.4 is 5.32 Å². The number of carbonyl (C=O) groups excluding carboxylic acids is 2. The van der Waals surface area contributed by atoms with Crippen LogP contribution in [0, 0.1) is 5.92 Å². The standard InChI is InChI=1S/C15H24N2O2/c18-14-9-13(16-10-11-5-4-6-11)15(19)17(14)12-7-2-1-3-8-12/h11-13,16H,1-10H2. The third-order valence-electron chi connectivity index (χ3n) is 5.00. The van der Waals surface area contributed by atoms with Crippen LogP contribution in [0.2, 0.25) is 0 Å². The Kier molecular flexibility index (Phi) is 3.87. The van der Waals surface area contributed by atoms with Crippen LogP contribution in [0.3, 0.4) is 0 Å². The summed E-state index contributed by atoms with van der Waals surface area (Å²) in [6.45, 7) is 0.905. The summed E-state index contributed by atoms with van der Waals surface area (Å²) in [6.07, 6.45) is 9.81. The molecular weight excluding hydrogens is 240 g/mol. The van der Waals surface area contributed by atoms with E-state index in [0.717, 1.165) is 38.1 Å². The van der Waals surface area contributed by atoms with Crippen LogP contribution in [0.4, 0.5) is 0 Å². The van der Waals surface area contributed by atoms with Gasteiger partial charge in [0.05, 0.1) is 12.5 Å². The summed E-state index contributed by atoms with van der Waals surface area (Å²) < 4.78 is 0. The van der Waals surface area contributed by atoms with Gasteiger partial charge < -0.3 is 5.32 Å². The molecule has 0 bridgehead atoms. The second kappa shape index (κ2) is 5.61. The van der Waals surface area contributed by atoms with Crippen molar-refractivity contribution in [3.8, 4) is 0 Å². The Morgan fingerprint density at radius 3 is 2.37 bits per heavy atom. The lowest BCUT2D eigenvalue weighted by Crippen LogP contribution is -2.45. The predicted octanol–water partition coefficient (Wildman–Crippen LogP) is 1.84. The molecule has 3 rings (SSSR count). The number of hydrogen-bond donors (Lipinski definition) is 1. The molecule has 1 unspecified atom stereocenters. The van der Waals surface area contributed by atoms with Crippen molar-refractivity contribution in [2.45, 2.75) is 69.9 Å². The van der Waals surface area contributed by atoms with Gasteiger partial charge in [-0.2, -0.15) is 0 Å². The van der Waals surface area contributed by atoms with Gasteiger partial charge in [0.1, 0.15) is 0 Å². The quantitative estimate of drug-likeness (QED) is 0.788. The van der Waals surface area contributed by atoms with Crippen LogP contribution in [0.1, 0.15) is 57.8 Å². The minimum absolute atomic E-state index is 0.0382. The molecule has 1 N–H and O–H groups in total. The van der Waals surface area contributed by atoms with Gasteiger partial charge in [-0.15, -0.1) is 0 Å². The van der Waals surface area contributed by atoms with E-state index < -0.39 is 0 Å². The van der Waals surface area contributed by atoms with Crippen molar-refractivity contribution in [2.75, 3.05) is 6.54 Å². The molecule has 0 aromatic heterocycles. The number of nitrogens with zero attached hydrogens (tertiary/aromatic N) is 1. The molecule has 0 spiro atoms. The van der Waals surface area contributed by atoms with Crippen LogP contribution in [-0.2, 0) is 9.59 Å². The van der Waals surface area contributed by atoms with Crippen LogP contribution >= 0.6 is 0 Å². The summed E-state index contributed by atoms with van der Waals surface area (Å²) in [5.41, 5.74) is 0. The molecule has 4 nitrogen and oxygen atoms in total. The average molecular weight is 264 g/mol. The highest BCUT2D eigenvalue weighted by Gasteiger charge is 2.42. The molecule has 0 aromatic rings. The van der Waals surface area contributed by atoms with Crippen molar-refractivity contribution in [1.82, 2.24) is 10.2 Å². The number of nitrogens with one attached hydrogen (secondary N) is 1. The Bertz CT molecular complexity index is 359. The number of hydrogen-bond acceptors (Lipinski definition) is 3. The highest BCUT2D eigenvalue weighted by molar-refractivity contribution is 6.05. The van der Waals surface area contributed by atoms with E-state index in [1.165, 1.54) is 25.7 Å². The molecule has 3 fully saturated rings. The van der Waals surface area contributed by atoms with E-state index in [2.05, 4.69) is 5.32 Å². The summed E-state index contributed by atoms with van der Waals surface area (Å²) in [5, 5.41) is 3.32. The Morgan fingerprint density at radius 2 is 1.74 bits per heavy atom. The normalized spacial score (nSPS) is 29.9. The minimum atomic E-state index is -0.241. The number of rotatable bonds is 4. The molecule has 0 radical (unpaired) electrons. The largest absolute Gasteiger partial charge is 0.305 e. The summed E-state index contributed by atoms with van der Waals surface area (Å²) in [6, 6.07) is -0.0562. The molecule has 2 aliphatic carbocycles. The molecule has 4 heteroatoms. The number of carbonyl (C=O) groups is 2. The maximum atomic E-state index is 12.4. The van der Waals surface area contributed by atoms with Crippen LogP contribution in [-0.4, -0.2) is 35.3 Å². The summed E-state index contributed by atoms with van der Waals surface area (Å²) in [5.74, 6) is 0.811. The van der Waals surface area contributed by atoms with Gasteiger partial charge in [0, 0.05) is 6.04 Å². The van der Waals surface area contributed by atoms with E-state index >= 15 is 0 Å². The molecule has 2 saturated carbocycles. The fourth-order valence-electron chi connectivity index (χ4n) is 3.54. The molecule has 1 heterocycles. The van der Waals surface area contributed by atoms with Crippen LogP contribution in [0.5, 0.6) is 0 Å². The minimum Gasteiger partial charge on any atom is -0.305 e. The van der Waals surface area contributed by atoms with Crippen molar-refractivity contribution < 1.29 is 9.59 Å². The fourth-order valence-corrected chi connectivity index (χ4v) is 3.54. The third-order valence-corrected chi connectivity index (χ3v) is 5.00. The van der Waals surface area contributed by atoms with E-state index in [1.807, 2.05) is 0 Å². The van der Waals surface area contributed by atoms with Gasteiger partial charge in [0.2, 0.25) is 11.8 Å². The maximum absolute atomic E-state index is 12.4. The van der Waals surface area contributed by atoms with Gasteiger partial charge >= 0.3 is 0 Å². The summed E-state index contributed by atoms with van der Waals surface area (Å²) in [7, 11) is 0. The first-order chi connectivity index (χ1) is 9.25. The summed E-state index contributed by atoms with van der Waals surface area (Å²) >= 11 is 0. The fraction of sp³-hybridized carbons (Fsp3) is 0.867. The second-order valence-corrected chi connectivity index (χ2v) is 6.36. The highest BCUT2D eigenvalue weighted by Crippen LogP contribution is 2.28. The molecule has 1 saturated heterocycles. The monoisotopic (exact) mass is 264 g/mol. The molecule has 0 aromatic carbocycles. The Morgan fingerprint density at radius 1 is 1.00 bits per heavy atom. The summed E-state index contributed by atoms with van der Waals surface area (Å²) in [4.78, 5) is 26.0. The molecule has 2 amide bonds. The van der Waals surface area contributed by atoms with Crippen LogP contribution in [0.25, 0.3) is 0 Å². The first-order valence-electron chi connectivity index (χ1n) is 7.85. The maximum Gasteiger partial charge on any atom is 0.247 e. The van der Waals surface area contributed by atoms with E-state index in [4.69, 9.17) is 0 Å². The zero-order valence-electron chi connectivity index (χ0n) is 11.6. The van der Waals surface area contributed by atoms with Gasteiger partial charge in [0.15, 0.2) is 0 Å². The van der Waals surface area contributed by atoms with Gasteiger partial charge in [-0.1, -0.05) is 25.7 Å². The first-order valence-corrected chi connectivity index (χ1v) is 7.85. The molecular formula is C15H24N2O2. The number of likely N-dealkylation sites (tertiary alicyclic amines) is 1. The molecule has 1 atom stereocenters. The second-order valence-electron chi connectivity index (χ2n) is 6.36. The van der Waals surface area contributed by atoms with Crippen molar-refractivity contribution in [3.63, 3.8) is 0 Å². The zero-order valence-corrected chi connectivity index (χ0v) is 11.6. The lowest BCUT2D eigenvalue weighted by Gasteiger charge is -2.30. The van der Waals surface area contributed by atoms with Crippen molar-refractivity contribution in [2.24, 2.45) is 5.92 Å². The molecule has 19 heavy (non-hydrogen) atoms. The average Bonchev–Trinajstić information content (AvgIpc) is 2.64. The Hall–Kier alpha value is -0.900. The number of amides is 2. The number of imide groups is 1. The molecule has 106 valence electrons. The smallest absolute Gasteiger partial charge is 0.247 e. The lowest BCUT2D eigenvalue weighted by molar-refractivity contribution is -0.142. The van der Waals surface area contributed by atoms with E-state index in [9.17, 15) is 9.59 Å².